The summed E-state index contributed by atoms with van der Waals surface area (Å²) in [5, 5.41) is 30.5. The number of halogens is 1. The van der Waals surface area contributed by atoms with Crippen LogP contribution in [-0.2, 0) is 5.75 Å². The molecule has 7 nitrogen and oxygen atoms in total. The minimum atomic E-state index is -0.0952. The predicted octanol–water partition coefficient (Wildman–Crippen LogP) is 5.00. The van der Waals surface area contributed by atoms with Crippen LogP contribution in [0.2, 0.25) is 5.02 Å². The Balaban J connectivity index is 1.69. The van der Waals surface area contributed by atoms with Crippen molar-refractivity contribution >= 4 is 50.7 Å². The van der Waals surface area contributed by atoms with Gasteiger partial charge in [0.1, 0.15) is 45.9 Å². The molecule has 0 aliphatic rings. The number of nitrogens with two attached hydrogens (primary N) is 1. The number of nitrogens with zero attached hydrogens (tertiary/aromatic N) is 4. The zero-order valence-electron chi connectivity index (χ0n) is 17.1. The van der Waals surface area contributed by atoms with Gasteiger partial charge in [0.2, 0.25) is 0 Å². The maximum atomic E-state index is 9.95. The normalized spacial score (nSPS) is 10.7. The number of thiazole rings is 1. The third-order valence-corrected chi connectivity index (χ3v) is 7.09. The van der Waals surface area contributed by atoms with Gasteiger partial charge in [0.25, 0.3) is 0 Å². The molecule has 0 unspecified atom stereocenters. The molecule has 0 radical (unpaired) electrons. The number of nitriles is 2. The Morgan fingerprint density at radius 2 is 1.85 bits per heavy atom. The molecule has 4 aromatic rings. The van der Waals surface area contributed by atoms with Crippen molar-refractivity contribution in [3.8, 4) is 29.0 Å². The summed E-state index contributed by atoms with van der Waals surface area (Å²) in [5.74, 6) is 1.11. The first kappa shape index (κ1) is 22.8. The second-order valence-corrected chi connectivity index (χ2v) is 9.27. The highest BCUT2D eigenvalue weighted by atomic mass is 35.5. The fourth-order valence-corrected chi connectivity index (χ4v) is 5.31. The first-order chi connectivity index (χ1) is 16.0. The van der Waals surface area contributed by atoms with Crippen LogP contribution >= 0.6 is 34.7 Å². The van der Waals surface area contributed by atoms with E-state index in [2.05, 4.69) is 22.1 Å². The lowest BCUT2D eigenvalue weighted by Crippen LogP contribution is -2.04. The van der Waals surface area contributed by atoms with Crippen LogP contribution in [0.25, 0.3) is 21.3 Å². The molecule has 0 spiro atoms. The minimum Gasteiger partial charge on any atom is -0.491 e. The van der Waals surface area contributed by atoms with Crippen molar-refractivity contribution in [1.29, 1.82) is 10.5 Å². The van der Waals surface area contributed by atoms with E-state index >= 15 is 0 Å². The number of ether oxygens (including phenoxy) is 1. The van der Waals surface area contributed by atoms with Gasteiger partial charge in [-0.15, -0.1) is 11.3 Å². The summed E-state index contributed by atoms with van der Waals surface area (Å²) >= 11 is 8.93. The molecule has 0 fully saturated rings. The van der Waals surface area contributed by atoms with Gasteiger partial charge < -0.3 is 15.6 Å². The molecule has 2 heterocycles. The number of benzene rings is 2. The standard InChI is InChI=1S/C23H16ClN5O2S2/c24-14-3-6-19-18(9-14)28-20(33-19)12-32-23-17(11-26)21(16(10-25)22(27)29-23)13-1-4-15(5-2-13)31-8-7-30/h1-6,9,30H,7-8,12H2,(H2,27,29). The highest BCUT2D eigenvalue weighted by Gasteiger charge is 2.21. The van der Waals surface area contributed by atoms with Gasteiger partial charge >= 0.3 is 0 Å². The zero-order chi connectivity index (χ0) is 23.4. The second kappa shape index (κ2) is 10.1. The average Bonchev–Trinajstić information content (AvgIpc) is 3.23. The summed E-state index contributed by atoms with van der Waals surface area (Å²) in [6.45, 7) is 0.0787. The van der Waals surface area contributed by atoms with Crippen molar-refractivity contribution in [2.45, 2.75) is 10.8 Å². The van der Waals surface area contributed by atoms with Crippen molar-refractivity contribution in [2.24, 2.45) is 0 Å². The number of fused-ring (bicyclic) bond motifs is 1. The average molecular weight is 494 g/mol. The van der Waals surface area contributed by atoms with E-state index in [4.69, 9.17) is 27.2 Å². The van der Waals surface area contributed by atoms with Crippen LogP contribution in [0.15, 0.2) is 47.5 Å². The van der Waals surface area contributed by atoms with E-state index < -0.39 is 0 Å². The van der Waals surface area contributed by atoms with Crippen molar-refractivity contribution in [1.82, 2.24) is 9.97 Å². The molecule has 0 bridgehead atoms. The fraction of sp³-hybridized carbons (Fsp3) is 0.130. The van der Waals surface area contributed by atoms with E-state index in [1.54, 1.807) is 35.6 Å². The Hall–Kier alpha value is -3.34. The van der Waals surface area contributed by atoms with Crippen LogP contribution in [0.5, 0.6) is 5.75 Å². The molecule has 0 aliphatic heterocycles. The van der Waals surface area contributed by atoms with Crippen LogP contribution in [0.3, 0.4) is 0 Å². The Bertz CT molecular complexity index is 1410. The van der Waals surface area contributed by atoms with Gasteiger partial charge in [-0.3, -0.25) is 0 Å². The highest BCUT2D eigenvalue weighted by molar-refractivity contribution is 7.98. The molecule has 33 heavy (non-hydrogen) atoms. The Morgan fingerprint density at radius 3 is 2.55 bits per heavy atom. The van der Waals surface area contributed by atoms with E-state index in [0.717, 1.165) is 15.2 Å². The van der Waals surface area contributed by atoms with E-state index in [1.807, 2.05) is 18.2 Å². The third-order valence-electron chi connectivity index (χ3n) is 4.64. The molecule has 4 rings (SSSR count). The lowest BCUT2D eigenvalue weighted by molar-refractivity contribution is 0.201. The molecule has 0 aliphatic carbocycles. The lowest BCUT2D eigenvalue weighted by atomic mass is 9.97. The van der Waals surface area contributed by atoms with Crippen molar-refractivity contribution in [2.75, 3.05) is 18.9 Å². The van der Waals surface area contributed by atoms with Gasteiger partial charge in [0.05, 0.1) is 28.1 Å². The number of aliphatic hydroxyl groups is 1. The molecule has 2 aromatic carbocycles. The number of nitrogen functional groups attached to an aromatic ring is 1. The minimum absolute atomic E-state index is 0.0608. The number of aromatic nitrogens is 2. The number of rotatable bonds is 7. The van der Waals surface area contributed by atoms with Crippen molar-refractivity contribution in [3.05, 3.63) is 63.6 Å². The number of anilines is 1. The Kier molecular flexibility index (Phi) is 6.97. The van der Waals surface area contributed by atoms with E-state index in [0.29, 0.717) is 32.7 Å². The maximum absolute atomic E-state index is 9.95. The Morgan fingerprint density at radius 1 is 1.09 bits per heavy atom. The lowest BCUT2D eigenvalue weighted by Gasteiger charge is -2.13. The highest BCUT2D eigenvalue weighted by Crippen LogP contribution is 2.38. The molecule has 3 N–H and O–H groups in total. The molecule has 0 saturated carbocycles. The topological polar surface area (TPSA) is 129 Å². The van der Waals surface area contributed by atoms with Crippen LogP contribution in [0, 0.1) is 22.7 Å². The van der Waals surface area contributed by atoms with Crippen molar-refractivity contribution < 1.29 is 9.84 Å². The number of hydrogen-bond donors (Lipinski definition) is 2. The SMILES string of the molecule is N#Cc1c(N)nc(SCc2nc3cc(Cl)ccc3s2)c(C#N)c1-c1ccc(OCCO)cc1. The largest absolute Gasteiger partial charge is 0.491 e. The van der Waals surface area contributed by atoms with Crippen LogP contribution < -0.4 is 10.5 Å². The quantitative estimate of drug-likeness (QED) is 0.344. The summed E-state index contributed by atoms with van der Waals surface area (Å²) in [7, 11) is 0. The van der Waals surface area contributed by atoms with Crippen LogP contribution in [0.1, 0.15) is 16.1 Å². The second-order valence-electron chi connectivity index (χ2n) is 6.76. The zero-order valence-corrected chi connectivity index (χ0v) is 19.5. The summed E-state index contributed by atoms with van der Waals surface area (Å²) in [4.78, 5) is 8.94. The molecule has 10 heteroatoms. The first-order valence-electron chi connectivity index (χ1n) is 9.69. The number of thioether (sulfide) groups is 1. The smallest absolute Gasteiger partial charge is 0.143 e. The van der Waals surface area contributed by atoms with Gasteiger partial charge in [-0.1, -0.05) is 35.5 Å². The molecule has 2 aromatic heterocycles. The summed E-state index contributed by atoms with van der Waals surface area (Å²) < 4.78 is 6.41. The molecule has 164 valence electrons. The molecular weight excluding hydrogens is 478 g/mol. The maximum Gasteiger partial charge on any atom is 0.143 e. The number of hydrogen-bond acceptors (Lipinski definition) is 9. The van der Waals surface area contributed by atoms with Gasteiger partial charge in [0, 0.05) is 10.6 Å². The van der Waals surface area contributed by atoms with Crippen molar-refractivity contribution in [3.63, 3.8) is 0 Å². The monoisotopic (exact) mass is 493 g/mol. The van der Waals surface area contributed by atoms with Gasteiger partial charge in [0.15, 0.2) is 0 Å². The Labute approximate surface area is 203 Å². The first-order valence-corrected chi connectivity index (χ1v) is 11.9. The molecule has 0 atom stereocenters. The summed E-state index contributed by atoms with van der Waals surface area (Å²) in [6, 6.07) is 16.7. The third kappa shape index (κ3) is 4.87. The van der Waals surface area contributed by atoms with Gasteiger partial charge in [-0.25, -0.2) is 9.97 Å². The number of aliphatic hydroxyl groups excluding tert-OH is 1. The fourth-order valence-electron chi connectivity index (χ4n) is 3.21. The molecule has 0 amide bonds. The molecule has 0 saturated heterocycles. The summed E-state index contributed by atoms with van der Waals surface area (Å²) in [5.41, 5.74) is 8.42. The van der Waals surface area contributed by atoms with E-state index in [9.17, 15) is 10.5 Å². The molecular formula is C23H16ClN5O2S2. The van der Waals surface area contributed by atoms with E-state index in [1.165, 1.54) is 11.8 Å². The van der Waals surface area contributed by atoms with E-state index in [-0.39, 0.29) is 30.2 Å². The van der Waals surface area contributed by atoms with Gasteiger partial charge in [-0.05, 0) is 35.9 Å². The van der Waals surface area contributed by atoms with Gasteiger partial charge in [-0.2, -0.15) is 10.5 Å². The summed E-state index contributed by atoms with van der Waals surface area (Å²) in [6.07, 6.45) is 0. The number of pyridine rings is 1. The predicted molar refractivity (Wildman–Crippen MR) is 130 cm³/mol. The van der Waals surface area contributed by atoms with Crippen LogP contribution in [0.4, 0.5) is 5.82 Å². The van der Waals surface area contributed by atoms with Crippen LogP contribution in [-0.4, -0.2) is 28.3 Å².